The molecule has 1 fully saturated rings. The Morgan fingerprint density at radius 1 is 0.935 bits per heavy atom. The molecule has 236 valence electrons. The number of ether oxygens (including phenoxy) is 2. The van der Waals surface area contributed by atoms with E-state index in [9.17, 15) is 15.0 Å². The van der Waals surface area contributed by atoms with E-state index in [4.69, 9.17) is 9.47 Å². The number of rotatable bonds is 10. The van der Waals surface area contributed by atoms with Crippen LogP contribution >= 0.6 is 11.8 Å². The quantitative estimate of drug-likeness (QED) is 0.164. The van der Waals surface area contributed by atoms with Gasteiger partial charge in [0.05, 0.1) is 24.5 Å². The number of tetrazole rings is 1. The zero-order valence-corrected chi connectivity index (χ0v) is 26.3. The summed E-state index contributed by atoms with van der Waals surface area (Å²) in [4.78, 5) is 11.5. The Morgan fingerprint density at radius 3 is 2.37 bits per heavy atom. The molecule has 1 aliphatic rings. The largest absolute Gasteiger partial charge is 0.508 e. The fourth-order valence-corrected chi connectivity index (χ4v) is 6.54. The van der Waals surface area contributed by atoms with Gasteiger partial charge in [0.15, 0.2) is 6.29 Å². The van der Waals surface area contributed by atoms with E-state index in [2.05, 4.69) is 27.8 Å². The van der Waals surface area contributed by atoms with E-state index >= 15 is 0 Å². The van der Waals surface area contributed by atoms with Crippen LogP contribution in [0.4, 0.5) is 0 Å². The molecule has 46 heavy (non-hydrogen) atoms. The van der Waals surface area contributed by atoms with Gasteiger partial charge in [0.1, 0.15) is 5.75 Å². The topological polar surface area (TPSA) is 132 Å². The summed E-state index contributed by atoms with van der Waals surface area (Å²) < 4.78 is 14.9. The van der Waals surface area contributed by atoms with Gasteiger partial charge in [0.2, 0.25) is 11.1 Å². The minimum Gasteiger partial charge on any atom is -0.508 e. The normalized spacial score (nSPS) is 19.5. The fraction of sp³-hybridized carbons (Fsp3) is 0.257. The molecule has 0 unspecified atom stereocenters. The summed E-state index contributed by atoms with van der Waals surface area (Å²) in [5, 5.41) is 35.0. The van der Waals surface area contributed by atoms with Crippen LogP contribution in [0.5, 0.6) is 5.75 Å². The second-order valence-corrected chi connectivity index (χ2v) is 12.2. The van der Waals surface area contributed by atoms with Gasteiger partial charge < -0.3 is 25.0 Å². The first kappa shape index (κ1) is 31.4. The lowest BCUT2D eigenvalue weighted by Crippen LogP contribution is -2.38. The first-order valence-electron chi connectivity index (χ1n) is 15.0. The van der Waals surface area contributed by atoms with E-state index in [1.165, 1.54) is 18.7 Å². The first-order chi connectivity index (χ1) is 22.4. The second-order valence-electron chi connectivity index (χ2n) is 11.2. The van der Waals surface area contributed by atoms with Gasteiger partial charge in [-0.25, -0.2) is 0 Å². The lowest BCUT2D eigenvalue weighted by Gasteiger charge is -2.41. The number of thioether (sulfide) groups is 1. The van der Waals surface area contributed by atoms with E-state index in [1.54, 1.807) is 28.9 Å². The number of aliphatic hydroxyl groups excluding tert-OH is 1. The van der Waals surface area contributed by atoms with Gasteiger partial charge in [-0.3, -0.25) is 4.79 Å². The molecule has 1 amide bonds. The van der Waals surface area contributed by atoms with Crippen LogP contribution in [0.3, 0.4) is 0 Å². The third-order valence-corrected chi connectivity index (χ3v) is 9.08. The molecule has 3 N–H and O–H groups in total. The zero-order chi connectivity index (χ0) is 32.0. The first-order valence-corrected chi connectivity index (χ1v) is 16.0. The predicted molar refractivity (Wildman–Crippen MR) is 174 cm³/mol. The number of carbonyl (C=O) groups excluding carboxylic acids is 1. The van der Waals surface area contributed by atoms with Crippen LogP contribution in [0.25, 0.3) is 16.8 Å². The molecule has 4 aromatic carbocycles. The monoisotopic (exact) mass is 637 g/mol. The molecule has 0 radical (unpaired) electrons. The average molecular weight is 638 g/mol. The molecular formula is C35H35N5O5S. The molecule has 6 rings (SSSR count). The highest BCUT2D eigenvalue weighted by atomic mass is 32.2. The van der Waals surface area contributed by atoms with E-state index < -0.39 is 6.29 Å². The third-order valence-electron chi connectivity index (χ3n) is 8.07. The van der Waals surface area contributed by atoms with E-state index in [1.807, 2.05) is 72.8 Å². The molecule has 1 saturated heterocycles. The summed E-state index contributed by atoms with van der Waals surface area (Å²) in [6, 6.07) is 30.7. The second kappa shape index (κ2) is 14.3. The number of nitrogens with zero attached hydrogens (tertiary/aromatic N) is 4. The zero-order valence-electron chi connectivity index (χ0n) is 25.5. The molecule has 2 heterocycles. The number of amides is 1. The van der Waals surface area contributed by atoms with Crippen LogP contribution in [0, 0.1) is 5.92 Å². The van der Waals surface area contributed by atoms with E-state index in [0.29, 0.717) is 17.5 Å². The number of nitrogens with one attached hydrogen (secondary N) is 1. The van der Waals surface area contributed by atoms with Crippen molar-refractivity contribution in [2.45, 2.75) is 50.7 Å². The summed E-state index contributed by atoms with van der Waals surface area (Å²) >= 11 is 1.49. The standard InChI is InChI=1S/C35H35N5O5S/c1-22-32(21-46-35-37-38-39-40(35)29-15-17-30(43)18-16-29)44-34(45-33(22)26-9-7-24(20-41)8-10-26)27-13-11-25(12-14-27)31-6-4-3-5-28(31)19-36-23(2)42/h3-18,22,32-34,41,43H,19-21H2,1-2H3,(H,36,42)/t22-,32+,33+,34+/m0/s1. The Balaban J connectivity index is 1.25. The number of aromatic hydroxyl groups is 1. The van der Waals surface area contributed by atoms with Crippen LogP contribution < -0.4 is 5.32 Å². The van der Waals surface area contributed by atoms with Crippen LogP contribution in [0.15, 0.2) is 102 Å². The molecule has 1 aliphatic heterocycles. The lowest BCUT2D eigenvalue weighted by atomic mass is 9.91. The van der Waals surface area contributed by atoms with Crippen LogP contribution in [-0.4, -0.2) is 48.2 Å². The van der Waals surface area contributed by atoms with Gasteiger partial charge in [0.25, 0.3) is 0 Å². The van der Waals surface area contributed by atoms with Gasteiger partial charge in [-0.05, 0) is 62.5 Å². The molecule has 0 aliphatic carbocycles. The Morgan fingerprint density at radius 2 is 1.65 bits per heavy atom. The maximum Gasteiger partial charge on any atom is 0.217 e. The van der Waals surface area contributed by atoms with Crippen molar-refractivity contribution in [3.8, 4) is 22.6 Å². The molecular weight excluding hydrogens is 602 g/mol. The SMILES string of the molecule is CC(=O)NCc1ccccc1-c1ccc([C@@H]2O[C@H](CSc3nnnn3-c3ccc(O)cc3)[C@H](C)[C@H](c3ccc(CO)cc3)O2)cc1. The molecule has 0 saturated carbocycles. The molecule has 11 heteroatoms. The Labute approximate surface area is 271 Å². The molecule has 5 aromatic rings. The van der Waals surface area contributed by atoms with Crippen molar-refractivity contribution in [1.29, 1.82) is 0 Å². The van der Waals surface area contributed by atoms with Crippen molar-refractivity contribution in [2.75, 3.05) is 5.75 Å². The van der Waals surface area contributed by atoms with Crippen LogP contribution in [-0.2, 0) is 27.4 Å². The minimum absolute atomic E-state index is 0.0124. The Kier molecular flexibility index (Phi) is 9.74. The fourth-order valence-electron chi connectivity index (χ4n) is 5.49. The average Bonchev–Trinajstić information content (AvgIpc) is 3.56. The van der Waals surface area contributed by atoms with Crippen molar-refractivity contribution in [3.63, 3.8) is 0 Å². The molecule has 4 atom stereocenters. The highest BCUT2D eigenvalue weighted by molar-refractivity contribution is 7.99. The van der Waals surface area contributed by atoms with Crippen molar-refractivity contribution < 1.29 is 24.5 Å². The summed E-state index contributed by atoms with van der Waals surface area (Å²) in [5.41, 5.74) is 6.57. The smallest absolute Gasteiger partial charge is 0.217 e. The number of aliphatic hydroxyl groups is 1. The summed E-state index contributed by atoms with van der Waals surface area (Å²) in [7, 11) is 0. The van der Waals surface area contributed by atoms with E-state index in [-0.39, 0.29) is 36.4 Å². The van der Waals surface area contributed by atoms with Gasteiger partial charge in [-0.2, -0.15) is 4.68 Å². The highest BCUT2D eigenvalue weighted by Gasteiger charge is 2.38. The van der Waals surface area contributed by atoms with Gasteiger partial charge >= 0.3 is 0 Å². The number of benzene rings is 4. The third kappa shape index (κ3) is 7.13. The number of phenolic OH excluding ortho intramolecular Hbond substituents is 1. The molecule has 10 nitrogen and oxygen atoms in total. The van der Waals surface area contributed by atoms with Crippen molar-refractivity contribution >= 4 is 17.7 Å². The summed E-state index contributed by atoms with van der Waals surface area (Å²) in [6.45, 7) is 4.05. The molecule has 1 aromatic heterocycles. The predicted octanol–water partition coefficient (Wildman–Crippen LogP) is 5.75. The van der Waals surface area contributed by atoms with Crippen LogP contribution in [0.2, 0.25) is 0 Å². The number of aromatic nitrogens is 4. The summed E-state index contributed by atoms with van der Waals surface area (Å²) in [6.07, 6.45) is -1.10. The van der Waals surface area contributed by atoms with Gasteiger partial charge in [0, 0.05) is 30.7 Å². The van der Waals surface area contributed by atoms with Gasteiger partial charge in [-0.15, -0.1) is 5.10 Å². The Hall–Kier alpha value is -4.55. The van der Waals surface area contributed by atoms with Crippen LogP contribution in [0.1, 0.15) is 48.5 Å². The van der Waals surface area contributed by atoms with Crippen molar-refractivity contribution in [1.82, 2.24) is 25.5 Å². The lowest BCUT2D eigenvalue weighted by molar-refractivity contribution is -0.268. The highest BCUT2D eigenvalue weighted by Crippen LogP contribution is 2.43. The maximum atomic E-state index is 11.5. The Bertz CT molecular complexity index is 1760. The number of hydrogen-bond donors (Lipinski definition) is 3. The number of phenols is 1. The van der Waals surface area contributed by atoms with E-state index in [0.717, 1.165) is 39.1 Å². The van der Waals surface area contributed by atoms with Gasteiger partial charge in [-0.1, -0.05) is 91.5 Å². The maximum absolute atomic E-state index is 11.5. The number of hydrogen-bond acceptors (Lipinski definition) is 9. The molecule has 0 bridgehead atoms. The van der Waals surface area contributed by atoms with Crippen molar-refractivity contribution in [3.05, 3.63) is 119 Å². The van der Waals surface area contributed by atoms with Crippen molar-refractivity contribution in [2.24, 2.45) is 5.92 Å². The minimum atomic E-state index is -0.624. The number of carbonyl (C=O) groups is 1. The summed E-state index contributed by atoms with van der Waals surface area (Å²) in [5.74, 6) is 0.652. The molecule has 0 spiro atoms.